The number of methoxy groups -OCH3 is 2. The molecule has 0 radical (unpaired) electrons. The Kier molecular flexibility index (Phi) is 7.29. The molecule has 6 heteroatoms. The van der Waals surface area contributed by atoms with E-state index in [1.807, 2.05) is 6.07 Å². The highest BCUT2D eigenvalue weighted by Gasteiger charge is 2.14. The number of nitrogens with one attached hydrogen (secondary N) is 1. The van der Waals surface area contributed by atoms with Crippen molar-refractivity contribution in [2.75, 3.05) is 26.1 Å². The van der Waals surface area contributed by atoms with E-state index in [0.717, 1.165) is 0 Å². The lowest BCUT2D eigenvalue weighted by Crippen LogP contribution is -2.39. The quantitative estimate of drug-likeness (QED) is 0.829. The number of para-hydroxylation sites is 2. The summed E-state index contributed by atoms with van der Waals surface area (Å²) < 4.78 is 9.90. The molecular formula is C11H17ClN2O3. The van der Waals surface area contributed by atoms with E-state index in [4.69, 9.17) is 15.2 Å². The minimum Gasteiger partial charge on any atom is -0.495 e. The number of anilines is 1. The van der Waals surface area contributed by atoms with Gasteiger partial charge in [-0.15, -0.1) is 12.4 Å². The zero-order valence-corrected chi connectivity index (χ0v) is 10.6. The van der Waals surface area contributed by atoms with Crippen molar-refractivity contribution in [1.82, 2.24) is 0 Å². The number of hydrogen-bond acceptors (Lipinski definition) is 4. The molecule has 17 heavy (non-hydrogen) atoms. The Morgan fingerprint density at radius 3 is 2.65 bits per heavy atom. The molecule has 0 aliphatic rings. The molecule has 1 aromatic carbocycles. The molecule has 0 aromatic heterocycles. The van der Waals surface area contributed by atoms with Crippen molar-refractivity contribution in [3.8, 4) is 5.75 Å². The lowest BCUT2D eigenvalue weighted by molar-refractivity contribution is -0.118. The summed E-state index contributed by atoms with van der Waals surface area (Å²) in [5.74, 6) is 0.298. The second-order valence-corrected chi connectivity index (χ2v) is 3.25. The Hall–Kier alpha value is -1.30. The molecule has 1 unspecified atom stereocenters. The number of ether oxygens (including phenoxy) is 2. The van der Waals surface area contributed by atoms with E-state index in [1.54, 1.807) is 25.3 Å². The molecule has 1 rings (SSSR count). The predicted octanol–water partition coefficient (Wildman–Crippen LogP) is 1.03. The van der Waals surface area contributed by atoms with E-state index in [-0.39, 0.29) is 24.9 Å². The summed E-state index contributed by atoms with van der Waals surface area (Å²) in [6, 6.07) is 6.45. The predicted molar refractivity (Wildman–Crippen MR) is 68.7 cm³/mol. The molecule has 1 aromatic rings. The van der Waals surface area contributed by atoms with Gasteiger partial charge in [0.25, 0.3) is 0 Å². The number of benzene rings is 1. The third kappa shape index (κ3) is 4.60. The number of hydrogen-bond donors (Lipinski definition) is 2. The van der Waals surface area contributed by atoms with Crippen LogP contribution >= 0.6 is 12.4 Å². The van der Waals surface area contributed by atoms with Crippen LogP contribution in [0.4, 0.5) is 5.69 Å². The van der Waals surface area contributed by atoms with Crippen LogP contribution in [0.15, 0.2) is 24.3 Å². The van der Waals surface area contributed by atoms with E-state index in [1.165, 1.54) is 7.11 Å². The lowest BCUT2D eigenvalue weighted by atomic mass is 10.2. The van der Waals surface area contributed by atoms with Gasteiger partial charge >= 0.3 is 0 Å². The highest BCUT2D eigenvalue weighted by atomic mass is 35.5. The van der Waals surface area contributed by atoms with Gasteiger partial charge in [-0.05, 0) is 12.1 Å². The third-order valence-electron chi connectivity index (χ3n) is 2.05. The van der Waals surface area contributed by atoms with Crippen LogP contribution in [0.5, 0.6) is 5.75 Å². The molecule has 0 bridgehead atoms. The van der Waals surface area contributed by atoms with E-state index < -0.39 is 6.04 Å². The fourth-order valence-corrected chi connectivity index (χ4v) is 1.23. The molecule has 0 spiro atoms. The fourth-order valence-electron chi connectivity index (χ4n) is 1.23. The summed E-state index contributed by atoms with van der Waals surface area (Å²) in [5, 5.41) is 2.68. The first-order valence-electron chi connectivity index (χ1n) is 4.87. The van der Waals surface area contributed by atoms with E-state index >= 15 is 0 Å². The summed E-state index contributed by atoms with van der Waals surface area (Å²) in [6.45, 7) is 0.182. The zero-order valence-electron chi connectivity index (χ0n) is 9.80. The molecule has 0 aliphatic carbocycles. The van der Waals surface area contributed by atoms with Gasteiger partial charge in [0.2, 0.25) is 5.91 Å². The first-order chi connectivity index (χ1) is 7.69. The highest BCUT2D eigenvalue weighted by Crippen LogP contribution is 2.22. The molecular weight excluding hydrogens is 244 g/mol. The van der Waals surface area contributed by atoms with Crippen molar-refractivity contribution >= 4 is 24.0 Å². The number of nitrogens with two attached hydrogens (primary N) is 1. The van der Waals surface area contributed by atoms with Gasteiger partial charge in [0.05, 0.1) is 19.4 Å². The third-order valence-corrected chi connectivity index (χ3v) is 2.05. The van der Waals surface area contributed by atoms with Crippen molar-refractivity contribution < 1.29 is 14.3 Å². The smallest absolute Gasteiger partial charge is 0.243 e. The normalized spacial score (nSPS) is 11.2. The average Bonchev–Trinajstić information content (AvgIpc) is 2.30. The largest absolute Gasteiger partial charge is 0.495 e. The molecule has 0 heterocycles. The average molecular weight is 261 g/mol. The van der Waals surface area contributed by atoms with Crippen molar-refractivity contribution in [3.05, 3.63) is 24.3 Å². The molecule has 0 fully saturated rings. The molecule has 96 valence electrons. The van der Waals surface area contributed by atoms with Crippen LogP contribution in [0.3, 0.4) is 0 Å². The number of carbonyl (C=O) groups is 1. The maximum atomic E-state index is 11.6. The first kappa shape index (κ1) is 15.7. The fraction of sp³-hybridized carbons (Fsp3) is 0.364. The molecule has 1 amide bonds. The van der Waals surface area contributed by atoms with Crippen LogP contribution in [0, 0.1) is 0 Å². The second-order valence-electron chi connectivity index (χ2n) is 3.25. The highest BCUT2D eigenvalue weighted by molar-refractivity contribution is 5.96. The Morgan fingerprint density at radius 2 is 2.06 bits per heavy atom. The SMILES string of the molecule is COCC(N)C(=O)Nc1ccccc1OC.Cl. The van der Waals surface area contributed by atoms with Crippen LogP contribution < -0.4 is 15.8 Å². The van der Waals surface area contributed by atoms with Gasteiger partial charge in [0.1, 0.15) is 11.8 Å². The summed E-state index contributed by atoms with van der Waals surface area (Å²) in [5.41, 5.74) is 6.19. The van der Waals surface area contributed by atoms with Crippen LogP contribution in [-0.4, -0.2) is 32.8 Å². The van der Waals surface area contributed by atoms with Gasteiger partial charge in [-0.3, -0.25) is 4.79 Å². The van der Waals surface area contributed by atoms with Gasteiger partial charge in [0, 0.05) is 7.11 Å². The van der Waals surface area contributed by atoms with E-state index in [0.29, 0.717) is 11.4 Å². The number of carbonyl (C=O) groups excluding carboxylic acids is 1. The van der Waals surface area contributed by atoms with Crippen LogP contribution in [0.25, 0.3) is 0 Å². The van der Waals surface area contributed by atoms with Gasteiger partial charge in [0.15, 0.2) is 0 Å². The van der Waals surface area contributed by atoms with Gasteiger partial charge in [-0.2, -0.15) is 0 Å². The molecule has 0 aliphatic heterocycles. The van der Waals surface area contributed by atoms with Crippen LogP contribution in [0.2, 0.25) is 0 Å². The maximum absolute atomic E-state index is 11.6. The van der Waals surface area contributed by atoms with Crippen LogP contribution in [0.1, 0.15) is 0 Å². The summed E-state index contributed by atoms with van der Waals surface area (Å²) >= 11 is 0. The molecule has 3 N–H and O–H groups in total. The molecule has 0 saturated heterocycles. The second kappa shape index (κ2) is 7.89. The van der Waals surface area contributed by atoms with Crippen molar-refractivity contribution in [2.24, 2.45) is 5.73 Å². The maximum Gasteiger partial charge on any atom is 0.243 e. The van der Waals surface area contributed by atoms with E-state index in [9.17, 15) is 4.79 Å². The Bertz CT molecular complexity index is 360. The first-order valence-corrected chi connectivity index (χ1v) is 4.87. The number of halogens is 1. The van der Waals surface area contributed by atoms with Crippen molar-refractivity contribution in [1.29, 1.82) is 0 Å². The molecule has 0 saturated carbocycles. The van der Waals surface area contributed by atoms with Crippen LogP contribution in [-0.2, 0) is 9.53 Å². The number of amides is 1. The molecule has 1 atom stereocenters. The monoisotopic (exact) mass is 260 g/mol. The van der Waals surface area contributed by atoms with Crippen molar-refractivity contribution in [2.45, 2.75) is 6.04 Å². The summed E-state index contributed by atoms with van der Waals surface area (Å²) in [4.78, 5) is 11.6. The minimum atomic E-state index is -0.685. The summed E-state index contributed by atoms with van der Waals surface area (Å²) in [6.07, 6.45) is 0. The Labute approximate surface area is 107 Å². The Balaban J connectivity index is 0.00000256. The topological polar surface area (TPSA) is 73.6 Å². The van der Waals surface area contributed by atoms with E-state index in [2.05, 4.69) is 5.32 Å². The molecule has 5 nitrogen and oxygen atoms in total. The minimum absolute atomic E-state index is 0. The lowest BCUT2D eigenvalue weighted by Gasteiger charge is -2.13. The Morgan fingerprint density at radius 1 is 1.41 bits per heavy atom. The van der Waals surface area contributed by atoms with Gasteiger partial charge in [-0.25, -0.2) is 0 Å². The zero-order chi connectivity index (χ0) is 12.0. The van der Waals surface area contributed by atoms with Crippen molar-refractivity contribution in [3.63, 3.8) is 0 Å². The van der Waals surface area contributed by atoms with Gasteiger partial charge < -0.3 is 20.5 Å². The van der Waals surface area contributed by atoms with Gasteiger partial charge in [-0.1, -0.05) is 12.1 Å². The summed E-state index contributed by atoms with van der Waals surface area (Å²) in [7, 11) is 3.04. The number of rotatable bonds is 5. The standard InChI is InChI=1S/C11H16N2O3.ClH/c1-15-7-8(12)11(14)13-9-5-3-4-6-10(9)16-2;/h3-6,8H,7,12H2,1-2H3,(H,13,14);1H.